The van der Waals surface area contributed by atoms with Gasteiger partial charge in [0.15, 0.2) is 11.2 Å². The van der Waals surface area contributed by atoms with E-state index in [1.54, 1.807) is 30.7 Å². The maximum absolute atomic E-state index is 12.9. The summed E-state index contributed by atoms with van der Waals surface area (Å²) in [5.41, 5.74) is 4.64. The Morgan fingerprint density at radius 1 is 1.06 bits per heavy atom. The quantitative estimate of drug-likeness (QED) is 0.274. The Labute approximate surface area is 187 Å². The van der Waals surface area contributed by atoms with E-state index in [0.717, 1.165) is 10.1 Å². The first-order chi connectivity index (χ1) is 15.8. The van der Waals surface area contributed by atoms with Gasteiger partial charge in [-0.05, 0) is 30.2 Å². The van der Waals surface area contributed by atoms with Crippen LogP contribution in [0, 0.1) is 10.1 Å². The molecule has 0 amide bonds. The van der Waals surface area contributed by atoms with Gasteiger partial charge in [0.1, 0.15) is 0 Å². The average molecular weight is 447 g/mol. The van der Waals surface area contributed by atoms with Crippen LogP contribution in [0.25, 0.3) is 11.2 Å². The Hall–Kier alpha value is -4.54. The van der Waals surface area contributed by atoms with Crippen LogP contribution in [0.5, 0.6) is 0 Å². The maximum Gasteiger partial charge on any atom is 0.332 e. The molecule has 0 saturated heterocycles. The number of hydrazone groups is 1. The first-order valence-corrected chi connectivity index (χ1v) is 10.0. The molecule has 0 aliphatic rings. The minimum absolute atomic E-state index is 0.0130. The van der Waals surface area contributed by atoms with Gasteiger partial charge < -0.3 is 0 Å². The number of nitro groups is 1. The van der Waals surface area contributed by atoms with Crippen LogP contribution in [-0.4, -0.2) is 29.3 Å². The van der Waals surface area contributed by atoms with E-state index in [4.69, 9.17) is 0 Å². The molecule has 1 N–H and O–H groups in total. The summed E-state index contributed by atoms with van der Waals surface area (Å²) in [5.74, 6) is 0.286. The molecule has 0 unspecified atom stereocenters. The third-order valence-electron chi connectivity index (χ3n) is 5.35. The fraction of sp³-hybridized carbons (Fsp3) is 0.182. The van der Waals surface area contributed by atoms with Gasteiger partial charge in [0, 0.05) is 26.2 Å². The molecule has 0 atom stereocenters. The van der Waals surface area contributed by atoms with Crippen molar-refractivity contribution in [3.8, 4) is 0 Å². The number of nitro benzene ring substituents is 1. The van der Waals surface area contributed by atoms with Crippen molar-refractivity contribution in [1.82, 2.24) is 18.7 Å². The summed E-state index contributed by atoms with van der Waals surface area (Å²) in [4.78, 5) is 40.2. The van der Waals surface area contributed by atoms with E-state index in [9.17, 15) is 19.7 Å². The van der Waals surface area contributed by atoms with Gasteiger partial charge in [-0.15, -0.1) is 0 Å². The van der Waals surface area contributed by atoms with Gasteiger partial charge in [0.05, 0.1) is 17.2 Å². The van der Waals surface area contributed by atoms with Crippen LogP contribution in [0.2, 0.25) is 0 Å². The minimum atomic E-state index is -0.478. The lowest BCUT2D eigenvalue weighted by Gasteiger charge is -2.10. The highest BCUT2D eigenvalue weighted by atomic mass is 16.6. The number of anilines is 1. The molecule has 2 heterocycles. The van der Waals surface area contributed by atoms with E-state index in [1.807, 2.05) is 30.3 Å². The molecule has 33 heavy (non-hydrogen) atoms. The van der Waals surface area contributed by atoms with Crippen molar-refractivity contribution >= 4 is 28.5 Å². The van der Waals surface area contributed by atoms with Crippen LogP contribution in [0.15, 0.2) is 69.3 Å². The van der Waals surface area contributed by atoms with Gasteiger partial charge >= 0.3 is 5.69 Å². The number of aryl methyl sites for hydroxylation is 1. The Kier molecular flexibility index (Phi) is 5.61. The molecule has 2 aromatic heterocycles. The second-order valence-corrected chi connectivity index (χ2v) is 7.50. The van der Waals surface area contributed by atoms with Crippen molar-refractivity contribution < 1.29 is 4.92 Å². The Bertz CT molecular complexity index is 1500. The normalized spacial score (nSPS) is 11.7. The molecule has 0 fully saturated rings. The number of nitrogens with zero attached hydrogens (tertiary/aromatic N) is 6. The summed E-state index contributed by atoms with van der Waals surface area (Å²) < 4.78 is 4.04. The molecule has 0 spiro atoms. The molecule has 0 aliphatic carbocycles. The van der Waals surface area contributed by atoms with Crippen LogP contribution in [-0.2, 0) is 20.6 Å². The Morgan fingerprint density at radius 2 is 1.73 bits per heavy atom. The third kappa shape index (κ3) is 4.03. The molecule has 0 saturated carbocycles. The summed E-state index contributed by atoms with van der Waals surface area (Å²) in [5, 5.41) is 15.2. The lowest BCUT2D eigenvalue weighted by atomic mass is 10.1. The summed E-state index contributed by atoms with van der Waals surface area (Å²) >= 11 is 0. The molecule has 0 radical (unpaired) electrons. The smallest absolute Gasteiger partial charge is 0.298 e. The lowest BCUT2D eigenvalue weighted by Crippen LogP contribution is -2.37. The molecular weight excluding hydrogens is 426 g/mol. The molecule has 0 aliphatic heterocycles. The molecule has 4 aromatic rings. The van der Waals surface area contributed by atoms with Gasteiger partial charge in [-0.1, -0.05) is 30.3 Å². The number of benzene rings is 2. The molecule has 2 aromatic carbocycles. The van der Waals surface area contributed by atoms with Gasteiger partial charge in [0.25, 0.3) is 11.2 Å². The van der Waals surface area contributed by atoms with Crippen molar-refractivity contribution in [3.05, 3.63) is 96.7 Å². The molecular formula is C22H21N7O4. The minimum Gasteiger partial charge on any atom is -0.298 e. The fourth-order valence-electron chi connectivity index (χ4n) is 3.47. The summed E-state index contributed by atoms with van der Waals surface area (Å²) in [7, 11) is 2.98. The predicted molar refractivity (Wildman–Crippen MR) is 125 cm³/mol. The first-order valence-electron chi connectivity index (χ1n) is 10.0. The van der Waals surface area contributed by atoms with Crippen molar-refractivity contribution in [2.24, 2.45) is 19.2 Å². The van der Waals surface area contributed by atoms with Crippen LogP contribution < -0.4 is 16.7 Å². The number of imidazole rings is 1. The SMILES string of the molecule is C/C(=N/Nc1nc2c(c(=O)n(C)c(=O)n2C)n1Cc1ccccc1)c1ccc([N+](=O)[O-])cc1. The van der Waals surface area contributed by atoms with Crippen molar-refractivity contribution in [3.63, 3.8) is 0 Å². The van der Waals surface area contributed by atoms with E-state index in [-0.39, 0.29) is 22.8 Å². The van der Waals surface area contributed by atoms with Crippen molar-refractivity contribution in [1.29, 1.82) is 0 Å². The third-order valence-corrected chi connectivity index (χ3v) is 5.35. The zero-order chi connectivity index (χ0) is 23.7. The van der Waals surface area contributed by atoms with E-state index < -0.39 is 16.2 Å². The monoisotopic (exact) mass is 447 g/mol. The van der Waals surface area contributed by atoms with E-state index >= 15 is 0 Å². The second kappa shape index (κ2) is 8.54. The zero-order valence-electron chi connectivity index (χ0n) is 18.2. The highest BCUT2D eigenvalue weighted by Crippen LogP contribution is 2.19. The highest BCUT2D eigenvalue weighted by molar-refractivity contribution is 5.99. The second-order valence-electron chi connectivity index (χ2n) is 7.50. The van der Waals surface area contributed by atoms with E-state index in [1.165, 1.54) is 23.7 Å². The number of hydrogen-bond donors (Lipinski definition) is 1. The average Bonchev–Trinajstić information content (AvgIpc) is 3.18. The first kappa shape index (κ1) is 21.7. The van der Waals surface area contributed by atoms with Gasteiger partial charge in [0.2, 0.25) is 5.95 Å². The predicted octanol–water partition coefficient (Wildman–Crippen LogP) is 2.23. The summed E-state index contributed by atoms with van der Waals surface area (Å²) in [6.45, 7) is 2.08. The molecule has 0 bridgehead atoms. The van der Waals surface area contributed by atoms with Crippen molar-refractivity contribution in [2.45, 2.75) is 13.5 Å². The number of nitrogens with one attached hydrogen (secondary N) is 1. The van der Waals surface area contributed by atoms with Crippen LogP contribution in [0.1, 0.15) is 18.1 Å². The highest BCUT2D eigenvalue weighted by Gasteiger charge is 2.19. The topological polar surface area (TPSA) is 129 Å². The van der Waals surface area contributed by atoms with Crippen LogP contribution >= 0.6 is 0 Å². The van der Waals surface area contributed by atoms with E-state index in [2.05, 4.69) is 15.5 Å². The number of rotatable bonds is 6. The van der Waals surface area contributed by atoms with Crippen molar-refractivity contribution in [2.75, 3.05) is 5.43 Å². The van der Waals surface area contributed by atoms with Crippen LogP contribution in [0.3, 0.4) is 0 Å². The van der Waals surface area contributed by atoms with Gasteiger partial charge in [-0.3, -0.25) is 28.6 Å². The largest absolute Gasteiger partial charge is 0.332 e. The number of hydrogen-bond acceptors (Lipinski definition) is 7. The Morgan fingerprint density at radius 3 is 2.36 bits per heavy atom. The zero-order valence-corrected chi connectivity index (χ0v) is 18.2. The van der Waals surface area contributed by atoms with Gasteiger partial charge in [-0.2, -0.15) is 10.1 Å². The summed E-state index contributed by atoms with van der Waals surface area (Å²) in [6.07, 6.45) is 0. The fourth-order valence-corrected chi connectivity index (χ4v) is 3.47. The Balaban J connectivity index is 1.80. The standard InChI is InChI=1S/C22H21N7O4/c1-14(16-9-11-17(12-10-16)29(32)33)24-25-21-23-19-18(20(30)27(3)22(31)26(19)2)28(21)13-15-7-5-4-6-8-15/h4-12H,13H2,1-3H3,(H,23,25)/b24-14-. The number of non-ortho nitro benzene ring substituents is 1. The van der Waals surface area contributed by atoms with Gasteiger partial charge in [-0.25, -0.2) is 10.2 Å². The lowest BCUT2D eigenvalue weighted by molar-refractivity contribution is -0.384. The van der Waals surface area contributed by atoms with E-state index in [0.29, 0.717) is 17.8 Å². The number of fused-ring (bicyclic) bond motifs is 1. The summed E-state index contributed by atoms with van der Waals surface area (Å²) in [6, 6.07) is 15.5. The molecule has 4 rings (SSSR count). The molecule has 11 heteroatoms. The van der Waals surface area contributed by atoms with Crippen LogP contribution in [0.4, 0.5) is 11.6 Å². The molecule has 168 valence electrons. The maximum atomic E-state index is 12.9. The molecule has 11 nitrogen and oxygen atoms in total. The number of aromatic nitrogens is 4.